The molecule has 1 amide bonds. The van der Waals surface area contributed by atoms with Crippen molar-refractivity contribution in [3.05, 3.63) is 64.2 Å². The second kappa shape index (κ2) is 8.48. The van der Waals surface area contributed by atoms with E-state index in [4.69, 9.17) is 9.47 Å². The molecule has 2 aliphatic rings. The Hall–Kier alpha value is -3.13. The average molecular weight is 397 g/mol. The molecule has 0 bridgehead atoms. The number of non-ortho nitro benzene ring substituents is 1. The summed E-state index contributed by atoms with van der Waals surface area (Å²) >= 11 is 0. The smallest absolute Gasteiger partial charge is 0.269 e. The number of ether oxygens (including phenoxy) is 2. The number of hydrogen-bond acceptors (Lipinski definition) is 6. The number of morpholine rings is 1. The van der Waals surface area contributed by atoms with E-state index in [-0.39, 0.29) is 11.6 Å². The number of rotatable bonds is 5. The minimum Gasteiger partial charge on any atom is -0.477 e. The molecule has 2 heterocycles. The quantitative estimate of drug-likeness (QED) is 0.568. The highest BCUT2D eigenvalue weighted by Crippen LogP contribution is 2.33. The molecule has 2 aromatic rings. The molecule has 29 heavy (non-hydrogen) atoms. The van der Waals surface area contributed by atoms with Gasteiger partial charge < -0.3 is 19.3 Å². The number of nitrogens with zero attached hydrogens (tertiary/aromatic N) is 3. The van der Waals surface area contributed by atoms with Gasteiger partial charge in [0.15, 0.2) is 6.10 Å². The summed E-state index contributed by atoms with van der Waals surface area (Å²) in [6, 6.07) is 14.3. The summed E-state index contributed by atoms with van der Waals surface area (Å²) in [4.78, 5) is 27.3. The third-order valence-corrected chi connectivity index (χ3v) is 5.28. The summed E-state index contributed by atoms with van der Waals surface area (Å²) < 4.78 is 11.4. The highest BCUT2D eigenvalue weighted by Gasteiger charge is 2.33. The van der Waals surface area contributed by atoms with Crippen molar-refractivity contribution in [1.82, 2.24) is 4.90 Å². The number of para-hydroxylation sites is 2. The van der Waals surface area contributed by atoms with Crippen LogP contribution >= 0.6 is 0 Å². The van der Waals surface area contributed by atoms with Gasteiger partial charge >= 0.3 is 0 Å². The second-order valence-electron chi connectivity index (χ2n) is 7.13. The largest absolute Gasteiger partial charge is 0.477 e. The molecule has 2 aromatic carbocycles. The maximum atomic E-state index is 12.9. The van der Waals surface area contributed by atoms with Crippen molar-refractivity contribution in [2.24, 2.45) is 0 Å². The van der Waals surface area contributed by atoms with Crippen molar-refractivity contribution in [2.75, 3.05) is 44.3 Å². The van der Waals surface area contributed by atoms with Crippen molar-refractivity contribution in [1.29, 1.82) is 0 Å². The number of fused-ring (bicyclic) bond motifs is 1. The fourth-order valence-corrected chi connectivity index (χ4v) is 3.68. The molecule has 1 fully saturated rings. The number of amides is 1. The molecule has 0 aromatic heterocycles. The molecule has 0 spiro atoms. The number of carbonyl (C=O) groups is 1. The lowest BCUT2D eigenvalue weighted by Gasteiger charge is -2.38. The topological polar surface area (TPSA) is 85.2 Å². The lowest BCUT2D eigenvalue weighted by atomic mass is 10.1. The molecule has 8 nitrogen and oxygen atoms in total. The van der Waals surface area contributed by atoms with E-state index in [0.717, 1.165) is 11.3 Å². The van der Waals surface area contributed by atoms with Gasteiger partial charge in [0.1, 0.15) is 5.75 Å². The number of benzene rings is 2. The average Bonchev–Trinajstić information content (AvgIpc) is 2.77. The zero-order valence-electron chi connectivity index (χ0n) is 16.0. The first kappa shape index (κ1) is 19.2. The molecule has 0 N–H and O–H groups in total. The van der Waals surface area contributed by atoms with Gasteiger partial charge in [-0.05, 0) is 24.1 Å². The third kappa shape index (κ3) is 4.32. The highest BCUT2D eigenvalue weighted by atomic mass is 16.6. The first-order valence-corrected chi connectivity index (χ1v) is 9.72. The van der Waals surface area contributed by atoms with Gasteiger partial charge in [0.05, 0.1) is 30.4 Å². The van der Waals surface area contributed by atoms with Gasteiger partial charge in [-0.15, -0.1) is 0 Å². The van der Waals surface area contributed by atoms with E-state index in [1.807, 2.05) is 24.3 Å². The van der Waals surface area contributed by atoms with Crippen LogP contribution in [0.15, 0.2) is 48.5 Å². The Morgan fingerprint density at radius 2 is 1.83 bits per heavy atom. The van der Waals surface area contributed by atoms with Gasteiger partial charge in [-0.1, -0.05) is 24.3 Å². The van der Waals surface area contributed by atoms with Crippen LogP contribution in [0.2, 0.25) is 0 Å². The number of nitro benzene ring substituents is 1. The van der Waals surface area contributed by atoms with Gasteiger partial charge in [-0.3, -0.25) is 14.9 Å². The number of nitro groups is 1. The SMILES string of the molecule is O=C(C1CN(CCc2ccc([N+](=O)[O-])cc2)c2ccccc2O1)N1CCOCC1. The molecule has 8 heteroatoms. The summed E-state index contributed by atoms with van der Waals surface area (Å²) in [6.07, 6.45) is 0.157. The number of anilines is 1. The Kier molecular flexibility index (Phi) is 5.62. The van der Waals surface area contributed by atoms with Crippen LogP contribution in [0, 0.1) is 10.1 Å². The Bertz CT molecular complexity index is 880. The normalized spacial score (nSPS) is 18.7. The summed E-state index contributed by atoms with van der Waals surface area (Å²) in [5.74, 6) is 0.692. The van der Waals surface area contributed by atoms with Crippen LogP contribution in [0.1, 0.15) is 5.56 Å². The fraction of sp³-hybridized carbons (Fsp3) is 0.381. The van der Waals surface area contributed by atoms with E-state index in [1.54, 1.807) is 17.0 Å². The Labute approximate surface area is 168 Å². The maximum Gasteiger partial charge on any atom is 0.269 e. The number of carbonyl (C=O) groups excluding carboxylic acids is 1. The molecular formula is C21H23N3O5. The predicted octanol–water partition coefficient (Wildman–Crippen LogP) is 2.26. The van der Waals surface area contributed by atoms with Crippen molar-refractivity contribution in [3.63, 3.8) is 0 Å². The second-order valence-corrected chi connectivity index (χ2v) is 7.13. The Balaban J connectivity index is 1.47. The minimum absolute atomic E-state index is 0.0110. The molecular weight excluding hydrogens is 374 g/mol. The third-order valence-electron chi connectivity index (χ3n) is 5.28. The van der Waals surface area contributed by atoms with Crippen LogP contribution in [0.25, 0.3) is 0 Å². The van der Waals surface area contributed by atoms with Crippen molar-refractivity contribution in [3.8, 4) is 5.75 Å². The summed E-state index contributed by atoms with van der Waals surface area (Å²) in [7, 11) is 0. The molecule has 4 rings (SSSR count). The molecule has 1 atom stereocenters. The molecule has 1 unspecified atom stereocenters. The first-order chi connectivity index (χ1) is 14.1. The molecule has 152 valence electrons. The zero-order chi connectivity index (χ0) is 20.2. The van der Waals surface area contributed by atoms with E-state index in [1.165, 1.54) is 12.1 Å². The first-order valence-electron chi connectivity index (χ1n) is 9.72. The predicted molar refractivity (Wildman–Crippen MR) is 107 cm³/mol. The fourth-order valence-electron chi connectivity index (χ4n) is 3.68. The monoisotopic (exact) mass is 397 g/mol. The van der Waals surface area contributed by atoms with E-state index < -0.39 is 11.0 Å². The van der Waals surface area contributed by atoms with Crippen LogP contribution in [-0.2, 0) is 16.0 Å². The summed E-state index contributed by atoms with van der Waals surface area (Å²) in [6.45, 7) is 3.44. The van der Waals surface area contributed by atoms with E-state index >= 15 is 0 Å². The van der Waals surface area contributed by atoms with Crippen LogP contribution in [0.4, 0.5) is 11.4 Å². The van der Waals surface area contributed by atoms with Crippen molar-refractivity contribution in [2.45, 2.75) is 12.5 Å². The van der Waals surface area contributed by atoms with Gasteiger partial charge in [-0.2, -0.15) is 0 Å². The molecule has 0 saturated carbocycles. The summed E-state index contributed by atoms with van der Waals surface area (Å²) in [5.41, 5.74) is 2.05. The molecule has 0 radical (unpaired) electrons. The highest BCUT2D eigenvalue weighted by molar-refractivity contribution is 5.83. The van der Waals surface area contributed by atoms with E-state index in [2.05, 4.69) is 4.90 Å². The minimum atomic E-state index is -0.556. The maximum absolute atomic E-state index is 12.9. The van der Waals surface area contributed by atoms with Gasteiger partial charge in [0, 0.05) is 31.8 Å². The van der Waals surface area contributed by atoms with Crippen LogP contribution in [-0.4, -0.2) is 61.2 Å². The van der Waals surface area contributed by atoms with Crippen molar-refractivity contribution >= 4 is 17.3 Å². The molecule has 1 saturated heterocycles. The van der Waals surface area contributed by atoms with Gasteiger partial charge in [0.25, 0.3) is 11.6 Å². The van der Waals surface area contributed by atoms with Crippen molar-refractivity contribution < 1.29 is 19.2 Å². The summed E-state index contributed by atoms with van der Waals surface area (Å²) in [5, 5.41) is 10.8. The van der Waals surface area contributed by atoms with Gasteiger partial charge in [-0.25, -0.2) is 0 Å². The molecule has 2 aliphatic heterocycles. The van der Waals surface area contributed by atoms with Crippen LogP contribution in [0.5, 0.6) is 5.75 Å². The van der Waals surface area contributed by atoms with E-state index in [0.29, 0.717) is 51.6 Å². The lowest BCUT2D eigenvalue weighted by Crippen LogP contribution is -2.53. The standard InChI is InChI=1S/C21H23N3O5/c25-21(22-11-13-28-14-12-22)20-15-23(18-3-1-2-4-19(18)29-20)10-9-16-5-7-17(8-6-16)24(26)27/h1-8,20H,9-15H2. The molecule has 0 aliphatic carbocycles. The van der Waals surface area contributed by atoms with Crippen LogP contribution < -0.4 is 9.64 Å². The zero-order valence-corrected chi connectivity index (χ0v) is 16.0. The van der Waals surface area contributed by atoms with E-state index in [9.17, 15) is 14.9 Å². The number of hydrogen-bond donors (Lipinski definition) is 0. The van der Waals surface area contributed by atoms with Crippen LogP contribution in [0.3, 0.4) is 0 Å². The lowest BCUT2D eigenvalue weighted by molar-refractivity contribution is -0.384. The van der Waals surface area contributed by atoms with Gasteiger partial charge in [0.2, 0.25) is 0 Å². The Morgan fingerprint density at radius 1 is 1.10 bits per heavy atom. The Morgan fingerprint density at radius 3 is 2.55 bits per heavy atom.